The van der Waals surface area contributed by atoms with Crippen LogP contribution in [0.5, 0.6) is 0 Å². The van der Waals surface area contributed by atoms with Gasteiger partial charge in [-0.15, -0.1) is 0 Å². The van der Waals surface area contributed by atoms with E-state index in [0.717, 1.165) is 12.8 Å². The number of halogens is 1. The van der Waals surface area contributed by atoms with E-state index in [9.17, 15) is 4.79 Å². The van der Waals surface area contributed by atoms with Gasteiger partial charge in [0.2, 0.25) is 5.91 Å². The van der Waals surface area contributed by atoms with E-state index in [1.165, 1.54) is 12.8 Å². The lowest BCUT2D eigenvalue weighted by Crippen LogP contribution is -2.39. The van der Waals surface area contributed by atoms with Crippen LogP contribution in [-0.2, 0) is 4.79 Å². The fraction of sp³-hybridized carbons (Fsp3) is 0.562. The Kier molecular flexibility index (Phi) is 5.06. The topological polar surface area (TPSA) is 41.1 Å². The minimum atomic E-state index is -0.0390. The monoisotopic (exact) mass is 294 g/mol. The van der Waals surface area contributed by atoms with Crippen LogP contribution < -0.4 is 10.6 Å². The Morgan fingerprint density at radius 1 is 1.30 bits per heavy atom. The molecule has 0 unspecified atom stereocenters. The smallest absolute Gasteiger partial charge is 0.238 e. The first-order chi connectivity index (χ1) is 9.46. The second kappa shape index (κ2) is 6.59. The summed E-state index contributed by atoms with van der Waals surface area (Å²) in [5, 5.41) is 6.75. The minimum absolute atomic E-state index is 0.0390. The van der Waals surface area contributed by atoms with Gasteiger partial charge in [-0.1, -0.05) is 37.6 Å². The fourth-order valence-corrected chi connectivity index (χ4v) is 2.78. The highest BCUT2D eigenvalue weighted by atomic mass is 35.5. The number of benzene rings is 1. The number of hydrogen-bond donors (Lipinski definition) is 2. The number of hydrogen-bond acceptors (Lipinski definition) is 2. The molecule has 0 aromatic heterocycles. The second-order valence-electron chi connectivity index (χ2n) is 6.35. The van der Waals surface area contributed by atoms with Gasteiger partial charge < -0.3 is 10.6 Å². The Bertz CT molecular complexity index is 463. The number of anilines is 1. The Labute approximate surface area is 126 Å². The summed E-state index contributed by atoms with van der Waals surface area (Å²) in [5.41, 5.74) is 1.13. The first-order valence-electron chi connectivity index (χ1n) is 7.24. The maximum atomic E-state index is 11.9. The molecule has 1 aromatic rings. The van der Waals surface area contributed by atoms with Gasteiger partial charge in [0.05, 0.1) is 17.3 Å². The third kappa shape index (κ3) is 4.50. The zero-order valence-electron chi connectivity index (χ0n) is 12.2. The lowest BCUT2D eigenvalue weighted by atomic mass is 9.75. The molecule has 0 aliphatic heterocycles. The summed E-state index contributed by atoms with van der Waals surface area (Å²) < 4.78 is 0. The largest absolute Gasteiger partial charge is 0.324 e. The van der Waals surface area contributed by atoms with Crippen LogP contribution in [0.2, 0.25) is 5.02 Å². The maximum absolute atomic E-state index is 11.9. The van der Waals surface area contributed by atoms with Crippen molar-refractivity contribution in [3.05, 3.63) is 29.3 Å². The summed E-state index contributed by atoms with van der Waals surface area (Å²) >= 11 is 6.01. The Morgan fingerprint density at radius 3 is 2.60 bits per heavy atom. The normalized spacial score (nSPS) is 18.8. The van der Waals surface area contributed by atoms with Crippen molar-refractivity contribution >= 4 is 23.2 Å². The van der Waals surface area contributed by atoms with E-state index in [0.29, 0.717) is 28.7 Å². The molecule has 1 aromatic carbocycles. The molecule has 0 bridgehead atoms. The molecule has 0 saturated heterocycles. The number of rotatable bonds is 4. The molecule has 1 fully saturated rings. The minimum Gasteiger partial charge on any atom is -0.324 e. The van der Waals surface area contributed by atoms with Gasteiger partial charge in [-0.2, -0.15) is 0 Å². The molecular weight excluding hydrogens is 272 g/mol. The van der Waals surface area contributed by atoms with Crippen LogP contribution in [0, 0.1) is 5.41 Å². The van der Waals surface area contributed by atoms with Crippen LogP contribution >= 0.6 is 11.6 Å². The van der Waals surface area contributed by atoms with E-state index in [2.05, 4.69) is 24.5 Å². The van der Waals surface area contributed by atoms with Gasteiger partial charge in [0.1, 0.15) is 0 Å². The van der Waals surface area contributed by atoms with Crippen LogP contribution in [0.1, 0.15) is 39.5 Å². The zero-order valence-corrected chi connectivity index (χ0v) is 13.0. The Balaban J connectivity index is 1.75. The van der Waals surface area contributed by atoms with Gasteiger partial charge in [-0.05, 0) is 43.2 Å². The Morgan fingerprint density at radius 2 is 1.95 bits per heavy atom. The number of carbonyl (C=O) groups excluding carboxylic acids is 1. The number of carbonyl (C=O) groups is 1. The highest BCUT2D eigenvalue weighted by molar-refractivity contribution is 6.33. The summed E-state index contributed by atoms with van der Waals surface area (Å²) in [6.45, 7) is 4.97. The standard InChI is InChI=1S/C16H23ClN2O/c1-16(2)9-7-12(8-10-16)18-11-15(20)19-14-6-4-3-5-13(14)17/h3-6,12,18H,7-11H2,1-2H3,(H,19,20). The van der Waals surface area contributed by atoms with Crippen molar-refractivity contribution in [3.8, 4) is 0 Å². The molecule has 0 spiro atoms. The molecule has 4 heteroatoms. The van der Waals surface area contributed by atoms with E-state index in [1.54, 1.807) is 6.07 Å². The average molecular weight is 295 g/mol. The second-order valence-corrected chi connectivity index (χ2v) is 6.75. The molecule has 0 heterocycles. The molecule has 3 nitrogen and oxygen atoms in total. The summed E-state index contributed by atoms with van der Waals surface area (Å²) in [4.78, 5) is 11.9. The van der Waals surface area contributed by atoms with Crippen molar-refractivity contribution in [1.82, 2.24) is 5.32 Å². The van der Waals surface area contributed by atoms with Crippen LogP contribution in [0.4, 0.5) is 5.69 Å². The molecule has 0 atom stereocenters. The molecule has 1 amide bonds. The first kappa shape index (κ1) is 15.3. The van der Waals surface area contributed by atoms with Crippen LogP contribution in [-0.4, -0.2) is 18.5 Å². The predicted octanol–water partition coefficient (Wildman–Crippen LogP) is 3.84. The van der Waals surface area contributed by atoms with Crippen LogP contribution in [0.15, 0.2) is 24.3 Å². The van der Waals surface area contributed by atoms with Gasteiger partial charge in [0.25, 0.3) is 0 Å². The SMILES string of the molecule is CC1(C)CCC(NCC(=O)Nc2ccccc2Cl)CC1. The van der Waals surface area contributed by atoms with Gasteiger partial charge in [0, 0.05) is 6.04 Å². The summed E-state index contributed by atoms with van der Waals surface area (Å²) in [7, 11) is 0. The maximum Gasteiger partial charge on any atom is 0.238 e. The third-order valence-electron chi connectivity index (χ3n) is 4.04. The van der Waals surface area contributed by atoms with Gasteiger partial charge >= 0.3 is 0 Å². The lowest BCUT2D eigenvalue weighted by Gasteiger charge is -2.34. The number of para-hydroxylation sites is 1. The third-order valence-corrected chi connectivity index (χ3v) is 4.37. The van der Waals surface area contributed by atoms with Crippen molar-refractivity contribution in [2.75, 3.05) is 11.9 Å². The van der Waals surface area contributed by atoms with E-state index in [4.69, 9.17) is 11.6 Å². The van der Waals surface area contributed by atoms with E-state index in [1.807, 2.05) is 18.2 Å². The number of amides is 1. The van der Waals surface area contributed by atoms with Crippen LogP contribution in [0.3, 0.4) is 0 Å². The molecule has 1 aliphatic rings. The summed E-state index contributed by atoms with van der Waals surface area (Å²) in [5.74, 6) is -0.0390. The molecule has 20 heavy (non-hydrogen) atoms. The zero-order chi connectivity index (χ0) is 14.6. The lowest BCUT2D eigenvalue weighted by molar-refractivity contribution is -0.115. The predicted molar refractivity (Wildman–Crippen MR) is 84.1 cm³/mol. The molecular formula is C16H23ClN2O. The molecule has 1 aliphatic carbocycles. The molecule has 0 radical (unpaired) electrons. The summed E-state index contributed by atoms with van der Waals surface area (Å²) in [6.07, 6.45) is 4.73. The molecule has 1 saturated carbocycles. The van der Waals surface area contributed by atoms with Gasteiger partial charge in [-0.3, -0.25) is 4.79 Å². The van der Waals surface area contributed by atoms with Crippen molar-refractivity contribution in [3.63, 3.8) is 0 Å². The van der Waals surface area contributed by atoms with Crippen molar-refractivity contribution in [1.29, 1.82) is 0 Å². The van der Waals surface area contributed by atoms with Crippen molar-refractivity contribution in [2.45, 2.75) is 45.6 Å². The average Bonchev–Trinajstić information content (AvgIpc) is 2.40. The van der Waals surface area contributed by atoms with Crippen LogP contribution in [0.25, 0.3) is 0 Å². The number of nitrogens with one attached hydrogen (secondary N) is 2. The Hall–Kier alpha value is -1.06. The van der Waals surface area contributed by atoms with E-state index in [-0.39, 0.29) is 5.91 Å². The van der Waals surface area contributed by atoms with E-state index >= 15 is 0 Å². The fourth-order valence-electron chi connectivity index (χ4n) is 2.60. The first-order valence-corrected chi connectivity index (χ1v) is 7.62. The van der Waals surface area contributed by atoms with Crippen molar-refractivity contribution < 1.29 is 4.79 Å². The van der Waals surface area contributed by atoms with E-state index < -0.39 is 0 Å². The highest BCUT2D eigenvalue weighted by Crippen LogP contribution is 2.34. The molecule has 110 valence electrons. The summed E-state index contributed by atoms with van der Waals surface area (Å²) in [6, 6.07) is 7.75. The van der Waals surface area contributed by atoms with Gasteiger partial charge in [-0.25, -0.2) is 0 Å². The quantitative estimate of drug-likeness (QED) is 0.886. The molecule has 2 rings (SSSR count). The highest BCUT2D eigenvalue weighted by Gasteiger charge is 2.26. The van der Waals surface area contributed by atoms with Gasteiger partial charge in [0.15, 0.2) is 0 Å². The van der Waals surface area contributed by atoms with Crippen molar-refractivity contribution in [2.24, 2.45) is 5.41 Å². The molecule has 2 N–H and O–H groups in total.